The van der Waals surface area contributed by atoms with Crippen LogP contribution in [0.3, 0.4) is 0 Å². The zero-order valence-electron chi connectivity index (χ0n) is 11.4. The summed E-state index contributed by atoms with van der Waals surface area (Å²) in [6, 6.07) is 7.84. The zero-order valence-corrected chi connectivity index (χ0v) is 12.9. The Hall–Kier alpha value is -0.740. The third-order valence-corrected chi connectivity index (χ3v) is 4.69. The number of alkyl halides is 1. The van der Waals surface area contributed by atoms with Gasteiger partial charge in [-0.1, -0.05) is 22.0 Å². The summed E-state index contributed by atoms with van der Waals surface area (Å²) in [5.74, 6) is 1.73. The Bertz CT molecular complexity index is 389. The van der Waals surface area contributed by atoms with Crippen LogP contribution in [0.2, 0.25) is 0 Å². The lowest BCUT2D eigenvalue weighted by Crippen LogP contribution is -2.36. The lowest BCUT2D eigenvalue weighted by molar-refractivity contribution is 0.00351. The van der Waals surface area contributed by atoms with E-state index in [1.54, 1.807) is 0 Å². The van der Waals surface area contributed by atoms with Crippen molar-refractivity contribution in [2.24, 2.45) is 5.41 Å². The fourth-order valence-corrected chi connectivity index (χ4v) is 2.90. The molecular formula is C15H21BrO3. The first-order chi connectivity index (χ1) is 9.28. The third kappa shape index (κ3) is 4.11. The Morgan fingerprint density at radius 1 is 1.21 bits per heavy atom. The van der Waals surface area contributed by atoms with Crippen molar-refractivity contribution < 1.29 is 14.2 Å². The molecule has 1 aliphatic heterocycles. The van der Waals surface area contributed by atoms with Crippen LogP contribution in [-0.4, -0.2) is 31.8 Å². The number of benzene rings is 1. The Labute approximate surface area is 123 Å². The molecule has 0 unspecified atom stereocenters. The molecule has 0 spiro atoms. The van der Waals surface area contributed by atoms with E-state index < -0.39 is 0 Å². The second-order valence-corrected chi connectivity index (χ2v) is 5.50. The fourth-order valence-electron chi connectivity index (χ4n) is 2.18. The van der Waals surface area contributed by atoms with Gasteiger partial charge < -0.3 is 14.2 Å². The van der Waals surface area contributed by atoms with Crippen molar-refractivity contribution >= 4 is 15.9 Å². The van der Waals surface area contributed by atoms with E-state index in [2.05, 4.69) is 15.9 Å². The van der Waals surface area contributed by atoms with Crippen LogP contribution < -0.4 is 9.47 Å². The summed E-state index contributed by atoms with van der Waals surface area (Å²) < 4.78 is 16.9. The molecule has 0 saturated carbocycles. The summed E-state index contributed by atoms with van der Waals surface area (Å²) in [7, 11) is 0. The van der Waals surface area contributed by atoms with Crippen molar-refractivity contribution in [1.82, 2.24) is 0 Å². The molecule has 0 bridgehead atoms. The Morgan fingerprint density at radius 3 is 2.53 bits per heavy atom. The standard InChI is InChI=1S/C15H21BrO3/c1-2-18-13-4-3-5-14(10-13)19-12-15(11-16)6-8-17-9-7-15/h3-5,10H,2,6-9,11-12H2,1H3. The summed E-state index contributed by atoms with van der Waals surface area (Å²) in [5.41, 5.74) is 0.194. The predicted molar refractivity (Wildman–Crippen MR) is 79.4 cm³/mol. The summed E-state index contributed by atoms with van der Waals surface area (Å²) in [4.78, 5) is 0. The molecule has 4 heteroatoms. The van der Waals surface area contributed by atoms with Gasteiger partial charge in [-0.3, -0.25) is 0 Å². The number of hydrogen-bond acceptors (Lipinski definition) is 3. The van der Waals surface area contributed by atoms with Gasteiger partial charge in [0.25, 0.3) is 0 Å². The predicted octanol–water partition coefficient (Wildman–Crippen LogP) is 3.66. The average molecular weight is 329 g/mol. The molecule has 1 fully saturated rings. The van der Waals surface area contributed by atoms with Gasteiger partial charge in [-0.2, -0.15) is 0 Å². The van der Waals surface area contributed by atoms with Gasteiger partial charge in [0.2, 0.25) is 0 Å². The van der Waals surface area contributed by atoms with E-state index >= 15 is 0 Å². The number of hydrogen-bond donors (Lipinski definition) is 0. The minimum Gasteiger partial charge on any atom is -0.494 e. The number of halogens is 1. The van der Waals surface area contributed by atoms with Gasteiger partial charge >= 0.3 is 0 Å². The first-order valence-corrected chi connectivity index (χ1v) is 7.89. The van der Waals surface area contributed by atoms with Crippen LogP contribution >= 0.6 is 15.9 Å². The molecule has 1 heterocycles. The van der Waals surface area contributed by atoms with E-state index in [0.717, 1.165) is 49.5 Å². The maximum atomic E-state index is 5.96. The molecular weight excluding hydrogens is 308 g/mol. The zero-order chi connectivity index (χ0) is 13.6. The summed E-state index contributed by atoms with van der Waals surface area (Å²) in [5, 5.41) is 0.953. The first kappa shape index (κ1) is 14.7. The van der Waals surface area contributed by atoms with E-state index in [-0.39, 0.29) is 5.41 Å². The van der Waals surface area contributed by atoms with Crippen LogP contribution in [0.4, 0.5) is 0 Å². The normalized spacial score (nSPS) is 18.0. The average Bonchev–Trinajstić information content (AvgIpc) is 2.47. The van der Waals surface area contributed by atoms with Crippen molar-refractivity contribution in [2.45, 2.75) is 19.8 Å². The summed E-state index contributed by atoms with van der Waals surface area (Å²) in [6.45, 7) is 5.03. The fraction of sp³-hybridized carbons (Fsp3) is 0.600. The molecule has 1 saturated heterocycles. The molecule has 3 nitrogen and oxygen atoms in total. The molecule has 106 valence electrons. The highest BCUT2D eigenvalue weighted by molar-refractivity contribution is 9.09. The van der Waals surface area contributed by atoms with E-state index in [1.807, 2.05) is 31.2 Å². The first-order valence-electron chi connectivity index (χ1n) is 6.77. The third-order valence-electron chi connectivity index (χ3n) is 3.50. The maximum Gasteiger partial charge on any atom is 0.123 e. The van der Waals surface area contributed by atoms with Crippen molar-refractivity contribution in [3.05, 3.63) is 24.3 Å². The molecule has 2 rings (SSSR count). The molecule has 0 aromatic heterocycles. The second kappa shape index (κ2) is 7.15. The second-order valence-electron chi connectivity index (χ2n) is 4.94. The van der Waals surface area contributed by atoms with Gasteiger partial charge in [-0.25, -0.2) is 0 Å². The van der Waals surface area contributed by atoms with Crippen molar-refractivity contribution in [3.63, 3.8) is 0 Å². The van der Waals surface area contributed by atoms with Gasteiger partial charge in [-0.15, -0.1) is 0 Å². The molecule has 1 aromatic rings. The lowest BCUT2D eigenvalue weighted by atomic mass is 9.83. The van der Waals surface area contributed by atoms with Crippen LogP contribution in [0.15, 0.2) is 24.3 Å². The van der Waals surface area contributed by atoms with Gasteiger partial charge in [0.15, 0.2) is 0 Å². The summed E-state index contributed by atoms with van der Waals surface area (Å²) in [6.07, 6.45) is 2.09. The van der Waals surface area contributed by atoms with Crippen LogP contribution in [0.5, 0.6) is 11.5 Å². The van der Waals surface area contributed by atoms with Gasteiger partial charge in [0.05, 0.1) is 13.2 Å². The Kier molecular flexibility index (Phi) is 5.52. The van der Waals surface area contributed by atoms with E-state index in [9.17, 15) is 0 Å². The number of rotatable bonds is 6. The maximum absolute atomic E-state index is 5.96. The van der Waals surface area contributed by atoms with E-state index in [0.29, 0.717) is 6.61 Å². The highest BCUT2D eigenvalue weighted by atomic mass is 79.9. The monoisotopic (exact) mass is 328 g/mol. The van der Waals surface area contributed by atoms with Crippen LogP contribution in [-0.2, 0) is 4.74 Å². The highest BCUT2D eigenvalue weighted by Crippen LogP contribution is 2.33. The van der Waals surface area contributed by atoms with E-state index in [4.69, 9.17) is 14.2 Å². The molecule has 1 aromatic carbocycles. The minimum atomic E-state index is 0.194. The van der Waals surface area contributed by atoms with Crippen molar-refractivity contribution in [1.29, 1.82) is 0 Å². The molecule has 19 heavy (non-hydrogen) atoms. The molecule has 0 aliphatic carbocycles. The summed E-state index contributed by atoms with van der Waals surface area (Å²) >= 11 is 3.62. The van der Waals surface area contributed by atoms with Crippen LogP contribution in [0, 0.1) is 5.41 Å². The highest BCUT2D eigenvalue weighted by Gasteiger charge is 2.32. The molecule has 0 amide bonds. The molecule has 0 N–H and O–H groups in total. The van der Waals surface area contributed by atoms with E-state index in [1.165, 1.54) is 0 Å². The van der Waals surface area contributed by atoms with Gasteiger partial charge in [-0.05, 0) is 31.9 Å². The topological polar surface area (TPSA) is 27.7 Å². The largest absolute Gasteiger partial charge is 0.494 e. The van der Waals surface area contributed by atoms with Crippen LogP contribution in [0.25, 0.3) is 0 Å². The molecule has 0 radical (unpaired) electrons. The quantitative estimate of drug-likeness (QED) is 0.746. The van der Waals surface area contributed by atoms with Gasteiger partial charge in [0.1, 0.15) is 11.5 Å². The minimum absolute atomic E-state index is 0.194. The van der Waals surface area contributed by atoms with Gasteiger partial charge in [0, 0.05) is 30.0 Å². The Morgan fingerprint density at radius 2 is 1.89 bits per heavy atom. The van der Waals surface area contributed by atoms with Crippen LogP contribution in [0.1, 0.15) is 19.8 Å². The van der Waals surface area contributed by atoms with Crippen molar-refractivity contribution in [3.8, 4) is 11.5 Å². The molecule has 1 aliphatic rings. The molecule has 0 atom stereocenters. The van der Waals surface area contributed by atoms with Crippen molar-refractivity contribution in [2.75, 3.05) is 31.8 Å². The SMILES string of the molecule is CCOc1cccc(OCC2(CBr)CCOCC2)c1. The Balaban J connectivity index is 1.94. The lowest BCUT2D eigenvalue weighted by Gasteiger charge is -2.35. The number of ether oxygens (including phenoxy) is 3. The smallest absolute Gasteiger partial charge is 0.123 e.